The fourth-order valence-corrected chi connectivity index (χ4v) is 2.54. The van der Waals surface area contributed by atoms with Crippen LogP contribution in [-0.4, -0.2) is 51.3 Å². The maximum absolute atomic E-state index is 5.59. The first kappa shape index (κ1) is 14.9. The van der Waals surface area contributed by atoms with Gasteiger partial charge in [0.2, 0.25) is 0 Å². The third-order valence-electron chi connectivity index (χ3n) is 4.04. The van der Waals surface area contributed by atoms with Crippen molar-refractivity contribution < 1.29 is 4.74 Å². The van der Waals surface area contributed by atoms with E-state index in [0.717, 1.165) is 38.1 Å². The smallest absolute Gasteiger partial charge is 0.0593 e. The summed E-state index contributed by atoms with van der Waals surface area (Å²) in [4.78, 5) is 2.15. The predicted octanol–water partition coefficient (Wildman–Crippen LogP) is 1.98. The van der Waals surface area contributed by atoms with E-state index < -0.39 is 0 Å². The lowest BCUT2D eigenvalue weighted by Crippen LogP contribution is -2.42. The van der Waals surface area contributed by atoms with Crippen LogP contribution in [0.4, 0.5) is 0 Å². The molecule has 0 amide bonds. The monoisotopic (exact) mass is 242 g/mol. The van der Waals surface area contributed by atoms with Crippen molar-refractivity contribution in [2.45, 2.75) is 39.2 Å². The Kier molecular flexibility index (Phi) is 7.09. The summed E-state index contributed by atoms with van der Waals surface area (Å²) in [6.45, 7) is 8.45. The number of hydrogen-bond donors (Lipinski definition) is 1. The first-order valence-corrected chi connectivity index (χ1v) is 7.07. The molecule has 102 valence electrons. The average molecular weight is 242 g/mol. The highest BCUT2D eigenvalue weighted by Gasteiger charge is 2.26. The van der Waals surface area contributed by atoms with E-state index in [9.17, 15) is 0 Å². The second kappa shape index (κ2) is 8.06. The van der Waals surface area contributed by atoms with Gasteiger partial charge < -0.3 is 15.0 Å². The molecule has 1 aliphatic carbocycles. The standard InChI is InChI=1S/C14H30N2O/c1-12-6-5-7-14(13(12)2)15-8-10-17-11-9-16(3)4/h12-15H,5-11H2,1-4H3. The minimum atomic E-state index is 0.705. The molecule has 0 bridgehead atoms. The molecule has 0 heterocycles. The van der Waals surface area contributed by atoms with Crippen LogP contribution in [0.5, 0.6) is 0 Å². The van der Waals surface area contributed by atoms with Crippen LogP contribution >= 0.6 is 0 Å². The Morgan fingerprint density at radius 1 is 1.18 bits per heavy atom. The highest BCUT2D eigenvalue weighted by molar-refractivity contribution is 4.81. The van der Waals surface area contributed by atoms with Gasteiger partial charge in [-0.25, -0.2) is 0 Å². The van der Waals surface area contributed by atoms with Crippen LogP contribution in [0.15, 0.2) is 0 Å². The molecular formula is C14H30N2O. The van der Waals surface area contributed by atoms with Crippen molar-refractivity contribution in [3.63, 3.8) is 0 Å². The van der Waals surface area contributed by atoms with Crippen molar-refractivity contribution in [1.29, 1.82) is 0 Å². The molecule has 17 heavy (non-hydrogen) atoms. The lowest BCUT2D eigenvalue weighted by atomic mass is 9.78. The molecule has 0 saturated heterocycles. The van der Waals surface area contributed by atoms with Crippen LogP contribution in [0.2, 0.25) is 0 Å². The van der Waals surface area contributed by atoms with Crippen LogP contribution in [-0.2, 0) is 4.74 Å². The number of nitrogens with one attached hydrogen (secondary N) is 1. The van der Waals surface area contributed by atoms with Crippen molar-refractivity contribution in [1.82, 2.24) is 10.2 Å². The summed E-state index contributed by atoms with van der Waals surface area (Å²) in [7, 11) is 4.15. The number of ether oxygens (including phenoxy) is 1. The molecule has 1 aliphatic rings. The normalized spacial score (nSPS) is 29.8. The number of hydrogen-bond acceptors (Lipinski definition) is 3. The summed E-state index contributed by atoms with van der Waals surface area (Å²) in [5.41, 5.74) is 0. The van der Waals surface area contributed by atoms with Gasteiger partial charge in [0.15, 0.2) is 0 Å². The zero-order valence-electron chi connectivity index (χ0n) is 12.0. The molecule has 3 unspecified atom stereocenters. The topological polar surface area (TPSA) is 24.5 Å². The average Bonchev–Trinajstić information content (AvgIpc) is 2.28. The van der Waals surface area contributed by atoms with Crippen molar-refractivity contribution in [2.75, 3.05) is 40.4 Å². The second-order valence-corrected chi connectivity index (χ2v) is 5.74. The van der Waals surface area contributed by atoms with Crippen LogP contribution in [0.25, 0.3) is 0 Å². The van der Waals surface area contributed by atoms with Gasteiger partial charge in [0.05, 0.1) is 13.2 Å². The van der Waals surface area contributed by atoms with Gasteiger partial charge in [-0.1, -0.05) is 26.7 Å². The van der Waals surface area contributed by atoms with E-state index in [4.69, 9.17) is 4.74 Å². The Morgan fingerprint density at radius 2 is 1.94 bits per heavy atom. The van der Waals surface area contributed by atoms with E-state index in [1.54, 1.807) is 0 Å². The zero-order valence-corrected chi connectivity index (χ0v) is 12.0. The molecule has 3 heteroatoms. The van der Waals surface area contributed by atoms with Gasteiger partial charge in [-0.3, -0.25) is 0 Å². The van der Waals surface area contributed by atoms with Gasteiger partial charge >= 0.3 is 0 Å². The van der Waals surface area contributed by atoms with Gasteiger partial charge in [0.25, 0.3) is 0 Å². The number of nitrogens with zero attached hydrogens (tertiary/aromatic N) is 1. The Morgan fingerprint density at radius 3 is 2.65 bits per heavy atom. The molecule has 0 aliphatic heterocycles. The summed E-state index contributed by atoms with van der Waals surface area (Å²) >= 11 is 0. The summed E-state index contributed by atoms with van der Waals surface area (Å²) in [6.07, 6.45) is 4.12. The molecule has 0 aromatic rings. The van der Waals surface area contributed by atoms with Gasteiger partial charge in [0.1, 0.15) is 0 Å². The Hall–Kier alpha value is -0.120. The molecule has 1 saturated carbocycles. The lowest BCUT2D eigenvalue weighted by Gasteiger charge is -2.34. The minimum Gasteiger partial charge on any atom is -0.379 e. The highest BCUT2D eigenvalue weighted by atomic mass is 16.5. The molecule has 0 aromatic heterocycles. The molecular weight excluding hydrogens is 212 g/mol. The van der Waals surface area contributed by atoms with Crippen molar-refractivity contribution >= 4 is 0 Å². The van der Waals surface area contributed by atoms with E-state index in [1.807, 2.05) is 0 Å². The summed E-state index contributed by atoms with van der Waals surface area (Å²) in [6, 6.07) is 0.705. The maximum Gasteiger partial charge on any atom is 0.0593 e. The van der Waals surface area contributed by atoms with E-state index in [-0.39, 0.29) is 0 Å². The first-order chi connectivity index (χ1) is 8.11. The lowest BCUT2D eigenvalue weighted by molar-refractivity contribution is 0.111. The Balaban J connectivity index is 2.02. The molecule has 0 radical (unpaired) electrons. The van der Waals surface area contributed by atoms with Crippen LogP contribution in [0.3, 0.4) is 0 Å². The van der Waals surface area contributed by atoms with Gasteiger partial charge in [0, 0.05) is 19.1 Å². The fourth-order valence-electron chi connectivity index (χ4n) is 2.54. The van der Waals surface area contributed by atoms with E-state index in [0.29, 0.717) is 6.04 Å². The predicted molar refractivity (Wildman–Crippen MR) is 73.3 cm³/mol. The molecule has 0 aromatic carbocycles. The molecule has 1 N–H and O–H groups in total. The summed E-state index contributed by atoms with van der Waals surface area (Å²) < 4.78 is 5.59. The Bertz CT molecular complexity index is 197. The quantitative estimate of drug-likeness (QED) is 0.691. The molecule has 1 rings (SSSR count). The third-order valence-corrected chi connectivity index (χ3v) is 4.04. The summed E-state index contributed by atoms with van der Waals surface area (Å²) in [5.74, 6) is 1.68. The van der Waals surface area contributed by atoms with Crippen LogP contribution in [0, 0.1) is 11.8 Å². The number of likely N-dealkylation sites (N-methyl/N-ethyl adjacent to an activating group) is 1. The van der Waals surface area contributed by atoms with Crippen molar-refractivity contribution in [2.24, 2.45) is 11.8 Å². The number of rotatable bonds is 7. The van der Waals surface area contributed by atoms with Gasteiger partial charge in [-0.15, -0.1) is 0 Å². The van der Waals surface area contributed by atoms with E-state index in [2.05, 4.69) is 38.2 Å². The van der Waals surface area contributed by atoms with Crippen molar-refractivity contribution in [3.8, 4) is 0 Å². The van der Waals surface area contributed by atoms with Gasteiger partial charge in [-0.05, 0) is 32.4 Å². The first-order valence-electron chi connectivity index (χ1n) is 7.07. The van der Waals surface area contributed by atoms with Crippen molar-refractivity contribution in [3.05, 3.63) is 0 Å². The molecule has 3 atom stereocenters. The maximum atomic E-state index is 5.59. The molecule has 0 spiro atoms. The van der Waals surface area contributed by atoms with E-state index >= 15 is 0 Å². The fraction of sp³-hybridized carbons (Fsp3) is 1.00. The molecule has 3 nitrogen and oxygen atoms in total. The SMILES string of the molecule is CC1CCCC(NCCOCCN(C)C)C1C. The zero-order chi connectivity index (χ0) is 12.7. The van der Waals surface area contributed by atoms with Gasteiger partial charge in [-0.2, -0.15) is 0 Å². The van der Waals surface area contributed by atoms with Crippen LogP contribution in [0.1, 0.15) is 33.1 Å². The summed E-state index contributed by atoms with van der Waals surface area (Å²) in [5, 5.41) is 3.65. The largest absolute Gasteiger partial charge is 0.379 e. The minimum absolute atomic E-state index is 0.705. The van der Waals surface area contributed by atoms with Crippen LogP contribution < -0.4 is 5.32 Å². The molecule has 1 fully saturated rings. The Labute approximate surface area is 107 Å². The second-order valence-electron chi connectivity index (χ2n) is 5.74. The van der Waals surface area contributed by atoms with E-state index in [1.165, 1.54) is 19.3 Å². The third kappa shape index (κ3) is 5.84. The highest BCUT2D eigenvalue weighted by Crippen LogP contribution is 2.29.